The van der Waals surface area contributed by atoms with Gasteiger partial charge in [0.15, 0.2) is 0 Å². The predicted octanol–water partition coefficient (Wildman–Crippen LogP) is 3.36. The van der Waals surface area contributed by atoms with Crippen LogP contribution >= 0.6 is 0 Å². The van der Waals surface area contributed by atoms with Gasteiger partial charge in [-0.05, 0) is 41.5 Å². The molecule has 0 aliphatic heterocycles. The van der Waals surface area contributed by atoms with Crippen molar-refractivity contribution in [2.45, 2.75) is 6.42 Å². The molecule has 0 fully saturated rings. The zero-order chi connectivity index (χ0) is 12.4. The van der Waals surface area contributed by atoms with Crippen LogP contribution in [0.5, 0.6) is 0 Å². The maximum atomic E-state index is 13.2. The minimum absolute atomic E-state index is 0.233. The first-order valence-electron chi connectivity index (χ1n) is 5.74. The normalized spacial score (nSPS) is 10.7. The Kier molecular flexibility index (Phi) is 2.73. The molecule has 3 aromatic rings. The molecular formula is C15H11FN2. The maximum Gasteiger partial charge on any atom is 0.123 e. The lowest BCUT2D eigenvalue weighted by molar-refractivity contribution is 0.629. The highest BCUT2D eigenvalue weighted by Crippen LogP contribution is 2.16. The molecule has 2 nitrogen and oxygen atoms in total. The predicted molar refractivity (Wildman–Crippen MR) is 68.7 cm³/mol. The number of pyridine rings is 2. The van der Waals surface area contributed by atoms with Gasteiger partial charge in [-0.3, -0.25) is 9.97 Å². The highest BCUT2D eigenvalue weighted by molar-refractivity contribution is 5.78. The van der Waals surface area contributed by atoms with Gasteiger partial charge in [-0.1, -0.05) is 6.07 Å². The van der Waals surface area contributed by atoms with Gasteiger partial charge >= 0.3 is 0 Å². The topological polar surface area (TPSA) is 25.8 Å². The van der Waals surface area contributed by atoms with Crippen LogP contribution in [0.2, 0.25) is 0 Å². The van der Waals surface area contributed by atoms with E-state index in [0.29, 0.717) is 0 Å². The van der Waals surface area contributed by atoms with Gasteiger partial charge in [-0.25, -0.2) is 4.39 Å². The Bertz CT molecular complexity index is 680. The molecule has 3 rings (SSSR count). The Labute approximate surface area is 104 Å². The SMILES string of the molecule is Fc1ccc2ncc(Cc3cccnc3)cc2c1. The summed E-state index contributed by atoms with van der Waals surface area (Å²) >= 11 is 0. The number of fused-ring (bicyclic) bond motifs is 1. The maximum absolute atomic E-state index is 13.2. The van der Waals surface area contributed by atoms with Crippen molar-refractivity contribution in [3.05, 3.63) is 71.9 Å². The van der Waals surface area contributed by atoms with Crippen LogP contribution < -0.4 is 0 Å². The summed E-state index contributed by atoms with van der Waals surface area (Å²) in [5.74, 6) is -0.233. The van der Waals surface area contributed by atoms with Crippen LogP contribution in [0.4, 0.5) is 4.39 Å². The minimum atomic E-state index is -0.233. The van der Waals surface area contributed by atoms with Crippen LogP contribution in [0.3, 0.4) is 0 Å². The van der Waals surface area contributed by atoms with Crippen molar-refractivity contribution in [1.29, 1.82) is 0 Å². The van der Waals surface area contributed by atoms with Gasteiger partial charge in [0.25, 0.3) is 0 Å². The van der Waals surface area contributed by atoms with Crippen molar-refractivity contribution < 1.29 is 4.39 Å². The fourth-order valence-corrected chi connectivity index (χ4v) is 1.98. The molecular weight excluding hydrogens is 227 g/mol. The highest BCUT2D eigenvalue weighted by Gasteiger charge is 2.01. The van der Waals surface area contributed by atoms with Crippen LogP contribution in [-0.4, -0.2) is 9.97 Å². The Hall–Kier alpha value is -2.29. The second-order valence-electron chi connectivity index (χ2n) is 4.22. The lowest BCUT2D eigenvalue weighted by Crippen LogP contribution is -1.91. The van der Waals surface area contributed by atoms with Crippen molar-refractivity contribution in [3.8, 4) is 0 Å². The first kappa shape index (κ1) is 10.8. The molecule has 0 atom stereocenters. The molecule has 88 valence electrons. The van der Waals surface area contributed by atoms with E-state index in [1.54, 1.807) is 12.3 Å². The van der Waals surface area contributed by atoms with E-state index in [1.807, 2.05) is 30.6 Å². The second kappa shape index (κ2) is 4.53. The Morgan fingerprint density at radius 1 is 1.00 bits per heavy atom. The number of hydrogen-bond acceptors (Lipinski definition) is 2. The molecule has 0 saturated heterocycles. The van der Waals surface area contributed by atoms with Crippen LogP contribution in [0, 0.1) is 5.82 Å². The molecule has 0 aliphatic carbocycles. The molecule has 18 heavy (non-hydrogen) atoms. The summed E-state index contributed by atoms with van der Waals surface area (Å²) in [5, 5.41) is 0.830. The molecule has 0 aliphatic rings. The standard InChI is InChI=1S/C15H11FN2/c16-14-3-4-15-13(8-14)7-12(10-18-15)6-11-2-1-5-17-9-11/h1-5,7-10H,6H2. The summed E-state index contributed by atoms with van der Waals surface area (Å²) in [6.07, 6.45) is 6.16. The number of halogens is 1. The Morgan fingerprint density at radius 2 is 1.94 bits per heavy atom. The average Bonchev–Trinajstić information content (AvgIpc) is 2.39. The molecule has 0 saturated carbocycles. The largest absolute Gasteiger partial charge is 0.264 e. The molecule has 0 unspecified atom stereocenters. The molecule has 1 aromatic carbocycles. The lowest BCUT2D eigenvalue weighted by Gasteiger charge is -2.03. The minimum Gasteiger partial charge on any atom is -0.264 e. The van der Waals surface area contributed by atoms with E-state index < -0.39 is 0 Å². The third-order valence-corrected chi connectivity index (χ3v) is 2.83. The number of benzene rings is 1. The number of rotatable bonds is 2. The van der Waals surface area contributed by atoms with Gasteiger partial charge in [0.1, 0.15) is 5.82 Å². The fraction of sp³-hybridized carbons (Fsp3) is 0.0667. The van der Waals surface area contributed by atoms with E-state index in [-0.39, 0.29) is 5.82 Å². The third kappa shape index (κ3) is 2.20. The molecule has 2 aromatic heterocycles. The summed E-state index contributed by atoms with van der Waals surface area (Å²) in [5.41, 5.74) is 2.99. The molecule has 3 heteroatoms. The lowest BCUT2D eigenvalue weighted by atomic mass is 10.1. The van der Waals surface area contributed by atoms with E-state index in [2.05, 4.69) is 9.97 Å². The zero-order valence-corrected chi connectivity index (χ0v) is 9.68. The molecule has 0 amide bonds. The van der Waals surface area contributed by atoms with Crippen LogP contribution in [0.15, 0.2) is 55.0 Å². The van der Waals surface area contributed by atoms with Crippen molar-refractivity contribution in [1.82, 2.24) is 9.97 Å². The average molecular weight is 238 g/mol. The van der Waals surface area contributed by atoms with Crippen molar-refractivity contribution in [2.75, 3.05) is 0 Å². The van der Waals surface area contributed by atoms with Crippen LogP contribution in [-0.2, 0) is 6.42 Å². The molecule has 0 radical (unpaired) electrons. The smallest absolute Gasteiger partial charge is 0.123 e. The van der Waals surface area contributed by atoms with Gasteiger partial charge in [0.2, 0.25) is 0 Å². The summed E-state index contributed by atoms with van der Waals surface area (Å²) < 4.78 is 13.2. The molecule has 0 N–H and O–H groups in total. The van der Waals surface area contributed by atoms with E-state index in [1.165, 1.54) is 12.1 Å². The van der Waals surface area contributed by atoms with E-state index >= 15 is 0 Å². The van der Waals surface area contributed by atoms with E-state index in [4.69, 9.17) is 0 Å². The van der Waals surface area contributed by atoms with E-state index in [9.17, 15) is 4.39 Å². The van der Waals surface area contributed by atoms with Crippen LogP contribution in [0.1, 0.15) is 11.1 Å². The number of nitrogens with zero attached hydrogens (tertiary/aromatic N) is 2. The van der Waals surface area contributed by atoms with Gasteiger partial charge in [-0.15, -0.1) is 0 Å². The number of aromatic nitrogens is 2. The zero-order valence-electron chi connectivity index (χ0n) is 9.68. The summed E-state index contributed by atoms with van der Waals surface area (Å²) in [6.45, 7) is 0. The third-order valence-electron chi connectivity index (χ3n) is 2.83. The van der Waals surface area contributed by atoms with Gasteiger partial charge in [-0.2, -0.15) is 0 Å². The number of hydrogen-bond donors (Lipinski definition) is 0. The van der Waals surface area contributed by atoms with Gasteiger partial charge < -0.3 is 0 Å². The van der Waals surface area contributed by atoms with Crippen molar-refractivity contribution in [3.63, 3.8) is 0 Å². The summed E-state index contributed by atoms with van der Waals surface area (Å²) in [4.78, 5) is 8.41. The molecule has 2 heterocycles. The van der Waals surface area contributed by atoms with Gasteiger partial charge in [0, 0.05) is 30.4 Å². The molecule has 0 bridgehead atoms. The Balaban J connectivity index is 1.98. The fourth-order valence-electron chi connectivity index (χ4n) is 1.98. The van der Waals surface area contributed by atoms with Crippen molar-refractivity contribution >= 4 is 10.9 Å². The molecule has 0 spiro atoms. The summed E-state index contributed by atoms with van der Waals surface area (Å²) in [7, 11) is 0. The quantitative estimate of drug-likeness (QED) is 0.684. The first-order valence-corrected chi connectivity index (χ1v) is 5.74. The van der Waals surface area contributed by atoms with Crippen molar-refractivity contribution in [2.24, 2.45) is 0 Å². The first-order chi connectivity index (χ1) is 8.81. The highest BCUT2D eigenvalue weighted by atomic mass is 19.1. The van der Waals surface area contributed by atoms with Gasteiger partial charge in [0.05, 0.1) is 5.52 Å². The Morgan fingerprint density at radius 3 is 2.78 bits per heavy atom. The van der Waals surface area contributed by atoms with Crippen LogP contribution in [0.25, 0.3) is 10.9 Å². The van der Waals surface area contributed by atoms with E-state index in [0.717, 1.165) is 28.5 Å². The summed E-state index contributed by atoms with van der Waals surface area (Å²) in [6, 6.07) is 10.5. The monoisotopic (exact) mass is 238 g/mol. The second-order valence-corrected chi connectivity index (χ2v) is 4.22.